The van der Waals surface area contributed by atoms with Gasteiger partial charge in [0, 0.05) is 0 Å². The van der Waals surface area contributed by atoms with Crippen LogP contribution < -0.4 is 0 Å². The Bertz CT molecular complexity index is 769. The van der Waals surface area contributed by atoms with Crippen molar-refractivity contribution in [2.45, 2.75) is 26.2 Å². The minimum absolute atomic E-state index is 0.164. The van der Waals surface area contributed by atoms with Gasteiger partial charge in [-0.1, -0.05) is 19.8 Å². The first-order valence-electron chi connectivity index (χ1n) is 6.85. The van der Waals surface area contributed by atoms with Crippen molar-refractivity contribution in [1.29, 1.82) is 0 Å². The van der Waals surface area contributed by atoms with E-state index < -0.39 is 35.3 Å². The van der Waals surface area contributed by atoms with Crippen LogP contribution >= 0.6 is 0 Å². The van der Waals surface area contributed by atoms with Gasteiger partial charge in [0.15, 0.2) is 11.3 Å². The van der Waals surface area contributed by atoms with Crippen LogP contribution in [0, 0.1) is 0 Å². The van der Waals surface area contributed by atoms with Crippen molar-refractivity contribution in [3.63, 3.8) is 0 Å². The molecule has 0 aliphatic heterocycles. The van der Waals surface area contributed by atoms with Gasteiger partial charge in [-0.15, -0.1) is 0 Å². The Morgan fingerprint density at radius 3 is 2.43 bits per heavy atom. The Kier molecular flexibility index (Phi) is 4.84. The molecule has 23 heavy (non-hydrogen) atoms. The van der Waals surface area contributed by atoms with Gasteiger partial charge in [-0.3, -0.25) is 0 Å². The maximum atomic E-state index is 11.9. The Morgan fingerprint density at radius 1 is 1.09 bits per heavy atom. The monoisotopic (exact) mass is 322 g/mol. The molecule has 0 fully saturated rings. The molecule has 0 aliphatic rings. The van der Waals surface area contributed by atoms with Crippen molar-refractivity contribution in [2.24, 2.45) is 0 Å². The van der Waals surface area contributed by atoms with Crippen molar-refractivity contribution in [3.8, 4) is 0 Å². The molecule has 0 unspecified atom stereocenters. The van der Waals surface area contributed by atoms with Gasteiger partial charge in [0.25, 0.3) is 0 Å². The van der Waals surface area contributed by atoms with Crippen LogP contribution in [0.15, 0.2) is 0 Å². The van der Waals surface area contributed by atoms with Crippen molar-refractivity contribution in [2.75, 3.05) is 6.61 Å². The van der Waals surface area contributed by atoms with Crippen molar-refractivity contribution >= 4 is 29.1 Å². The molecule has 0 saturated carbocycles. The van der Waals surface area contributed by atoms with Gasteiger partial charge in [-0.2, -0.15) is 0 Å². The number of carbonyl (C=O) groups is 3. The number of aromatic amines is 1. The van der Waals surface area contributed by atoms with Gasteiger partial charge in [-0.25, -0.2) is 29.3 Å². The highest BCUT2D eigenvalue weighted by atomic mass is 16.5. The summed E-state index contributed by atoms with van der Waals surface area (Å²) in [6, 6.07) is 0. The summed E-state index contributed by atoms with van der Waals surface area (Å²) in [4.78, 5) is 47.3. The lowest BCUT2D eigenvalue weighted by Crippen LogP contribution is -2.14. The van der Waals surface area contributed by atoms with Crippen molar-refractivity contribution in [3.05, 3.63) is 17.3 Å². The molecule has 2 rings (SSSR count). The molecule has 0 saturated heterocycles. The average Bonchev–Trinajstić information content (AvgIpc) is 2.94. The van der Waals surface area contributed by atoms with E-state index in [1.165, 1.54) is 0 Å². The highest BCUT2D eigenvalue weighted by Gasteiger charge is 2.23. The minimum Gasteiger partial charge on any atom is -0.476 e. The number of H-pyrrole nitrogens is 1. The van der Waals surface area contributed by atoms with Crippen LogP contribution in [-0.2, 0) is 4.74 Å². The number of ether oxygens (including phenoxy) is 1. The zero-order chi connectivity index (χ0) is 17.0. The fraction of sp³-hybridized carbons (Fsp3) is 0.385. The first-order chi connectivity index (χ1) is 10.9. The fourth-order valence-electron chi connectivity index (χ4n) is 1.83. The quantitative estimate of drug-likeness (QED) is 0.501. The summed E-state index contributed by atoms with van der Waals surface area (Å²) in [5.74, 6) is -4.69. The number of rotatable bonds is 7. The number of hydrogen-bond acceptors (Lipinski definition) is 7. The van der Waals surface area contributed by atoms with Gasteiger partial charge in [-0.05, 0) is 6.42 Å². The number of nitrogens with one attached hydrogen (secondary N) is 1. The predicted molar refractivity (Wildman–Crippen MR) is 75.4 cm³/mol. The van der Waals surface area contributed by atoms with E-state index in [4.69, 9.17) is 14.9 Å². The molecule has 3 N–H and O–H groups in total. The topological polar surface area (TPSA) is 155 Å². The molecule has 0 bridgehead atoms. The summed E-state index contributed by atoms with van der Waals surface area (Å²) in [6.07, 6.45) is 2.51. The third kappa shape index (κ3) is 3.59. The van der Waals surface area contributed by atoms with E-state index in [2.05, 4.69) is 19.9 Å². The Balaban J connectivity index is 2.35. The first-order valence-corrected chi connectivity index (χ1v) is 6.85. The number of esters is 1. The van der Waals surface area contributed by atoms with Gasteiger partial charge < -0.3 is 19.9 Å². The van der Waals surface area contributed by atoms with Gasteiger partial charge >= 0.3 is 17.9 Å². The molecule has 0 radical (unpaired) electrons. The first kappa shape index (κ1) is 16.3. The van der Waals surface area contributed by atoms with Gasteiger partial charge in [0.1, 0.15) is 5.52 Å². The third-order valence-electron chi connectivity index (χ3n) is 2.92. The van der Waals surface area contributed by atoms with E-state index in [0.717, 1.165) is 12.8 Å². The molecular formula is C13H14N4O6. The lowest BCUT2D eigenvalue weighted by atomic mass is 10.3. The average molecular weight is 322 g/mol. The van der Waals surface area contributed by atoms with Crippen LogP contribution in [-0.4, -0.2) is 54.7 Å². The number of aromatic carboxylic acids is 2. The molecule has 0 atom stereocenters. The van der Waals surface area contributed by atoms with Crippen LogP contribution in [0.1, 0.15) is 57.9 Å². The normalized spacial score (nSPS) is 10.7. The Morgan fingerprint density at radius 2 is 1.83 bits per heavy atom. The summed E-state index contributed by atoms with van der Waals surface area (Å²) in [6.45, 7) is 2.16. The van der Waals surface area contributed by atoms with E-state index in [-0.39, 0.29) is 17.8 Å². The van der Waals surface area contributed by atoms with Crippen LogP contribution in [0.4, 0.5) is 0 Å². The number of nitrogens with zero attached hydrogens (tertiary/aromatic N) is 3. The molecular weight excluding hydrogens is 308 g/mol. The van der Waals surface area contributed by atoms with E-state index in [9.17, 15) is 14.4 Å². The molecule has 10 nitrogen and oxygen atoms in total. The van der Waals surface area contributed by atoms with Crippen LogP contribution in [0.2, 0.25) is 0 Å². The number of aromatic nitrogens is 4. The number of imidazole rings is 1. The van der Waals surface area contributed by atoms with Gasteiger partial charge in [0.2, 0.25) is 11.6 Å². The SMILES string of the molecule is CCCCCOC(=O)c1nc(C(=O)O)c2[nH]c(C(=O)O)nc2n1. The van der Waals surface area contributed by atoms with Crippen molar-refractivity contribution < 1.29 is 29.3 Å². The highest BCUT2D eigenvalue weighted by molar-refractivity contribution is 6.01. The Hall–Kier alpha value is -3.04. The van der Waals surface area contributed by atoms with E-state index in [1.807, 2.05) is 6.92 Å². The lowest BCUT2D eigenvalue weighted by molar-refractivity contribution is 0.0483. The number of unbranched alkanes of at least 4 members (excludes halogenated alkanes) is 2. The number of hydrogen-bond donors (Lipinski definition) is 3. The lowest BCUT2D eigenvalue weighted by Gasteiger charge is -2.04. The smallest absolute Gasteiger partial charge is 0.376 e. The molecule has 2 aromatic rings. The summed E-state index contributed by atoms with van der Waals surface area (Å²) >= 11 is 0. The number of carbonyl (C=O) groups excluding carboxylic acids is 1. The molecule has 10 heteroatoms. The third-order valence-corrected chi connectivity index (χ3v) is 2.92. The van der Waals surface area contributed by atoms with Crippen LogP contribution in [0.5, 0.6) is 0 Å². The standard InChI is InChI=1S/C13H14N4O6/c1-2-3-4-5-23-13(22)10-15-7(11(18)19)6-8(17-10)16-9(14-6)12(20)21/h2-5H2,1H3,(H,18,19)(H,20,21)(H,14,15,16,17). The van der Waals surface area contributed by atoms with E-state index >= 15 is 0 Å². The second kappa shape index (κ2) is 6.81. The summed E-state index contributed by atoms with van der Waals surface area (Å²) in [5, 5.41) is 18.0. The Labute approximate surface area is 129 Å². The molecule has 0 aliphatic carbocycles. The number of carboxylic acids is 2. The van der Waals surface area contributed by atoms with E-state index in [0.29, 0.717) is 6.42 Å². The molecule has 0 amide bonds. The fourth-order valence-corrected chi connectivity index (χ4v) is 1.83. The van der Waals surface area contributed by atoms with Crippen LogP contribution in [0.25, 0.3) is 11.2 Å². The predicted octanol–water partition coefficient (Wildman–Crippen LogP) is 1.10. The van der Waals surface area contributed by atoms with Gasteiger partial charge in [0.05, 0.1) is 6.61 Å². The molecule has 2 aromatic heterocycles. The van der Waals surface area contributed by atoms with Crippen molar-refractivity contribution in [1.82, 2.24) is 19.9 Å². The van der Waals surface area contributed by atoms with Crippen LogP contribution in [0.3, 0.4) is 0 Å². The zero-order valence-corrected chi connectivity index (χ0v) is 12.2. The summed E-state index contributed by atoms with van der Waals surface area (Å²) in [7, 11) is 0. The summed E-state index contributed by atoms with van der Waals surface area (Å²) in [5.41, 5.74) is -0.941. The molecule has 0 spiro atoms. The molecule has 122 valence electrons. The second-order valence-corrected chi connectivity index (χ2v) is 4.63. The number of fused-ring (bicyclic) bond motifs is 1. The maximum absolute atomic E-state index is 11.9. The number of carboxylic acid groups (broad SMARTS) is 2. The van der Waals surface area contributed by atoms with E-state index in [1.54, 1.807) is 0 Å². The largest absolute Gasteiger partial charge is 0.476 e. The molecule has 0 aromatic carbocycles. The second-order valence-electron chi connectivity index (χ2n) is 4.63. The maximum Gasteiger partial charge on any atom is 0.376 e. The highest BCUT2D eigenvalue weighted by Crippen LogP contribution is 2.14. The summed E-state index contributed by atoms with van der Waals surface area (Å²) < 4.78 is 4.96. The minimum atomic E-state index is -1.45. The molecule has 2 heterocycles. The zero-order valence-electron chi connectivity index (χ0n) is 12.2.